The molecule has 0 radical (unpaired) electrons. The summed E-state index contributed by atoms with van der Waals surface area (Å²) in [7, 11) is 0. The Hall–Kier alpha value is -1.96. The highest BCUT2D eigenvalue weighted by Crippen LogP contribution is 2.25. The van der Waals surface area contributed by atoms with Crippen LogP contribution in [0.1, 0.15) is 48.4 Å². The second-order valence-corrected chi connectivity index (χ2v) is 6.83. The fourth-order valence-electron chi connectivity index (χ4n) is 2.58. The number of aliphatic hydroxyl groups excluding tert-OH is 1. The first kappa shape index (κ1) is 16.9. The van der Waals surface area contributed by atoms with Gasteiger partial charge in [-0.1, -0.05) is 22.8 Å². The lowest BCUT2D eigenvalue weighted by atomic mass is 10.0. The van der Waals surface area contributed by atoms with Crippen molar-refractivity contribution in [1.82, 2.24) is 20.8 Å². The van der Waals surface area contributed by atoms with E-state index in [4.69, 9.17) is 16.1 Å². The van der Waals surface area contributed by atoms with E-state index in [0.29, 0.717) is 35.3 Å². The van der Waals surface area contributed by atoms with Crippen LogP contribution in [0.15, 0.2) is 28.8 Å². The predicted molar refractivity (Wildman–Crippen MR) is 87.6 cm³/mol. The molecule has 2 heterocycles. The minimum Gasteiger partial charge on any atom is -0.392 e. The number of carbonyl (C=O) groups is 1. The van der Waals surface area contributed by atoms with Crippen LogP contribution in [0.4, 0.5) is 0 Å². The van der Waals surface area contributed by atoms with E-state index in [1.54, 1.807) is 38.1 Å². The van der Waals surface area contributed by atoms with E-state index >= 15 is 0 Å². The zero-order chi connectivity index (χ0) is 17.3. The lowest BCUT2D eigenvalue weighted by Crippen LogP contribution is -2.41. The van der Waals surface area contributed by atoms with Crippen LogP contribution >= 0.6 is 11.6 Å². The number of carbonyl (C=O) groups excluding carboxylic acids is 1. The van der Waals surface area contributed by atoms with Crippen molar-refractivity contribution in [2.24, 2.45) is 0 Å². The Kier molecular flexibility index (Phi) is 4.58. The summed E-state index contributed by atoms with van der Waals surface area (Å²) in [5.74, 6) is 0.506. The van der Waals surface area contributed by atoms with Gasteiger partial charge in [-0.25, -0.2) is 0 Å². The zero-order valence-corrected chi connectivity index (χ0v) is 14.2. The normalized spacial score (nSPS) is 21.0. The molecule has 1 aromatic carbocycles. The van der Waals surface area contributed by atoms with Gasteiger partial charge in [0.05, 0.1) is 17.7 Å². The predicted octanol–water partition coefficient (Wildman–Crippen LogP) is 1.78. The molecule has 24 heavy (non-hydrogen) atoms. The fourth-order valence-corrected chi connectivity index (χ4v) is 2.77. The Morgan fingerprint density at radius 3 is 2.96 bits per heavy atom. The van der Waals surface area contributed by atoms with Crippen LogP contribution < -0.4 is 10.6 Å². The van der Waals surface area contributed by atoms with Gasteiger partial charge in [0.15, 0.2) is 5.82 Å². The molecule has 1 aliphatic rings. The lowest BCUT2D eigenvalue weighted by Gasteiger charge is -2.22. The summed E-state index contributed by atoms with van der Waals surface area (Å²) in [5.41, 5.74) is -0.363. The lowest BCUT2D eigenvalue weighted by molar-refractivity contribution is 0.0907. The number of rotatable bonds is 4. The Labute approximate surface area is 144 Å². The first-order chi connectivity index (χ1) is 11.3. The molecule has 0 saturated carbocycles. The Bertz CT molecular complexity index is 746. The third-order valence-corrected chi connectivity index (χ3v) is 4.15. The van der Waals surface area contributed by atoms with Crippen molar-refractivity contribution in [2.45, 2.75) is 38.0 Å². The fraction of sp³-hybridized carbons (Fsp3) is 0.438. The van der Waals surface area contributed by atoms with Gasteiger partial charge in [0.1, 0.15) is 0 Å². The molecule has 3 rings (SSSR count). The number of benzene rings is 1. The number of halogens is 1. The van der Waals surface area contributed by atoms with Gasteiger partial charge < -0.3 is 20.3 Å². The van der Waals surface area contributed by atoms with Crippen molar-refractivity contribution in [2.75, 3.05) is 6.54 Å². The number of hydrogen-bond donors (Lipinski definition) is 3. The largest absolute Gasteiger partial charge is 0.392 e. The van der Waals surface area contributed by atoms with Crippen molar-refractivity contribution in [1.29, 1.82) is 0 Å². The molecule has 1 aliphatic heterocycles. The van der Waals surface area contributed by atoms with Gasteiger partial charge in [-0.05, 0) is 38.5 Å². The smallest absolute Gasteiger partial charge is 0.252 e. The molecule has 0 spiro atoms. The van der Waals surface area contributed by atoms with Crippen molar-refractivity contribution in [3.05, 3.63) is 46.6 Å². The first-order valence-corrected chi connectivity index (χ1v) is 8.06. The summed E-state index contributed by atoms with van der Waals surface area (Å²) in [6, 6.07) is 6.54. The second-order valence-electron chi connectivity index (χ2n) is 6.40. The van der Waals surface area contributed by atoms with Crippen LogP contribution in [0.2, 0.25) is 5.02 Å². The molecule has 7 nitrogen and oxygen atoms in total. The van der Waals surface area contributed by atoms with E-state index in [9.17, 15) is 9.90 Å². The third-order valence-electron chi connectivity index (χ3n) is 3.92. The number of aromatic nitrogens is 2. The minimum atomic E-state index is -0.821. The quantitative estimate of drug-likeness (QED) is 0.777. The zero-order valence-electron chi connectivity index (χ0n) is 13.4. The van der Waals surface area contributed by atoms with Crippen molar-refractivity contribution in [3.8, 4) is 0 Å². The third kappa shape index (κ3) is 3.58. The topological polar surface area (TPSA) is 100 Å². The van der Waals surface area contributed by atoms with Gasteiger partial charge in [0.2, 0.25) is 5.89 Å². The van der Waals surface area contributed by atoms with Crippen molar-refractivity contribution in [3.63, 3.8) is 0 Å². The van der Waals surface area contributed by atoms with Gasteiger partial charge in [0.25, 0.3) is 5.91 Å². The average Bonchev–Trinajstić information content (AvgIpc) is 3.15. The van der Waals surface area contributed by atoms with Crippen LogP contribution in [0, 0.1) is 0 Å². The Morgan fingerprint density at radius 2 is 2.29 bits per heavy atom. The molecule has 2 atom stereocenters. The molecule has 3 N–H and O–H groups in total. The minimum absolute atomic E-state index is 0.166. The molecule has 1 amide bonds. The molecule has 0 unspecified atom stereocenters. The van der Waals surface area contributed by atoms with Crippen molar-refractivity contribution < 1.29 is 14.4 Å². The molecular formula is C16H19ClN4O3. The van der Waals surface area contributed by atoms with Gasteiger partial charge in [-0.2, -0.15) is 4.98 Å². The van der Waals surface area contributed by atoms with Crippen LogP contribution in [-0.2, 0) is 5.54 Å². The van der Waals surface area contributed by atoms with E-state index < -0.39 is 11.6 Å². The Morgan fingerprint density at radius 1 is 1.50 bits per heavy atom. The van der Waals surface area contributed by atoms with E-state index in [-0.39, 0.29) is 11.9 Å². The number of aliphatic hydroxyl groups is 1. The maximum atomic E-state index is 12.4. The van der Waals surface area contributed by atoms with E-state index in [2.05, 4.69) is 20.8 Å². The SMILES string of the molecule is CC(C)(NC(=O)c1cccc(Cl)c1)c1noc([C@H]2C[C@@H](O)CN2)n1. The molecule has 0 aliphatic carbocycles. The molecule has 1 fully saturated rings. The molecular weight excluding hydrogens is 332 g/mol. The maximum Gasteiger partial charge on any atom is 0.252 e. The average molecular weight is 351 g/mol. The van der Waals surface area contributed by atoms with Gasteiger partial charge in [-0.15, -0.1) is 0 Å². The molecule has 128 valence electrons. The van der Waals surface area contributed by atoms with Crippen LogP contribution in [-0.4, -0.2) is 33.8 Å². The summed E-state index contributed by atoms with van der Waals surface area (Å²) in [6.45, 7) is 4.08. The van der Waals surface area contributed by atoms with E-state index in [0.717, 1.165) is 0 Å². The number of nitrogens with zero attached hydrogens (tertiary/aromatic N) is 2. The summed E-state index contributed by atoms with van der Waals surface area (Å²) < 4.78 is 5.28. The molecule has 0 bridgehead atoms. The van der Waals surface area contributed by atoms with Crippen LogP contribution in [0.3, 0.4) is 0 Å². The van der Waals surface area contributed by atoms with Crippen LogP contribution in [0.25, 0.3) is 0 Å². The summed E-state index contributed by atoms with van der Waals surface area (Å²) in [6.07, 6.45) is 0.109. The first-order valence-electron chi connectivity index (χ1n) is 7.69. The van der Waals surface area contributed by atoms with Gasteiger partial charge in [-0.3, -0.25) is 4.79 Å². The van der Waals surface area contributed by atoms with Gasteiger partial charge >= 0.3 is 0 Å². The standard InChI is InChI=1S/C16H19ClN4O3/c1-16(2,20-13(23)9-4-3-5-10(17)6-9)15-19-14(24-21-15)12-7-11(22)8-18-12/h3-6,11-12,18,22H,7-8H2,1-2H3,(H,20,23)/t11-,12-/m1/s1. The maximum absolute atomic E-state index is 12.4. The number of hydrogen-bond acceptors (Lipinski definition) is 6. The number of nitrogens with one attached hydrogen (secondary N) is 2. The van der Waals surface area contributed by atoms with E-state index in [1.807, 2.05) is 0 Å². The molecule has 1 aromatic heterocycles. The van der Waals surface area contributed by atoms with E-state index in [1.165, 1.54) is 0 Å². The molecule has 8 heteroatoms. The number of amides is 1. The highest BCUT2D eigenvalue weighted by atomic mass is 35.5. The molecule has 1 saturated heterocycles. The second kappa shape index (κ2) is 6.51. The van der Waals surface area contributed by atoms with Gasteiger partial charge in [0, 0.05) is 17.1 Å². The summed E-state index contributed by atoms with van der Waals surface area (Å²) in [4.78, 5) is 16.8. The highest BCUT2D eigenvalue weighted by Gasteiger charge is 2.33. The number of β-amino-alcohol motifs (C(OH)–C–C–N with tert-alkyl or cyclic N) is 1. The monoisotopic (exact) mass is 350 g/mol. The molecule has 2 aromatic rings. The van der Waals surface area contributed by atoms with Crippen molar-refractivity contribution >= 4 is 17.5 Å². The summed E-state index contributed by atoms with van der Waals surface area (Å²) in [5, 5.41) is 20.0. The summed E-state index contributed by atoms with van der Waals surface area (Å²) >= 11 is 5.92. The highest BCUT2D eigenvalue weighted by molar-refractivity contribution is 6.30. The van der Waals surface area contributed by atoms with Crippen LogP contribution in [0.5, 0.6) is 0 Å². The Balaban J connectivity index is 1.73.